The normalized spacial score (nSPS) is 17.4. The van der Waals surface area contributed by atoms with Gasteiger partial charge in [-0.15, -0.1) is 0 Å². The smallest absolute Gasteiger partial charge is 0.315 e. The molecule has 1 saturated carbocycles. The lowest BCUT2D eigenvalue weighted by atomic mass is 10.2. The summed E-state index contributed by atoms with van der Waals surface area (Å²) in [5.74, 6) is 0.654. The van der Waals surface area contributed by atoms with Crippen LogP contribution in [0.5, 0.6) is 0 Å². The van der Waals surface area contributed by atoms with Crippen molar-refractivity contribution < 1.29 is 0 Å². The van der Waals surface area contributed by atoms with Crippen molar-refractivity contribution in [3.8, 4) is 0 Å². The molecule has 0 aliphatic heterocycles. The zero-order chi connectivity index (χ0) is 11.7. The van der Waals surface area contributed by atoms with E-state index in [0.717, 1.165) is 0 Å². The van der Waals surface area contributed by atoms with Crippen LogP contribution in [-0.4, -0.2) is 22.2 Å². The summed E-state index contributed by atoms with van der Waals surface area (Å²) in [6.07, 6.45) is 5.73. The molecule has 16 heavy (non-hydrogen) atoms. The molecule has 1 aromatic heterocycles. The van der Waals surface area contributed by atoms with E-state index >= 15 is 0 Å². The largest absolute Gasteiger partial charge is 0.316 e. The molecule has 1 atom stereocenters. The van der Waals surface area contributed by atoms with E-state index in [9.17, 15) is 9.59 Å². The number of likely N-dealkylation sites (N-methyl/N-ethyl adjacent to an activating group) is 1. The highest BCUT2D eigenvalue weighted by Gasteiger charge is 2.30. The van der Waals surface area contributed by atoms with Crippen LogP contribution in [-0.2, 0) is 13.6 Å². The van der Waals surface area contributed by atoms with Gasteiger partial charge in [-0.3, -0.25) is 9.59 Å². The SMILES string of the molecule is CNC(Cn1ccn(C)c(=O)c1=O)C1CC1. The Morgan fingerprint density at radius 1 is 1.38 bits per heavy atom. The molecular weight excluding hydrogens is 206 g/mol. The molecule has 88 valence electrons. The Morgan fingerprint density at radius 3 is 2.62 bits per heavy atom. The van der Waals surface area contributed by atoms with Gasteiger partial charge in [-0.25, -0.2) is 0 Å². The van der Waals surface area contributed by atoms with Crippen LogP contribution in [0.4, 0.5) is 0 Å². The Hall–Kier alpha value is -1.36. The maximum Gasteiger partial charge on any atom is 0.316 e. The average Bonchev–Trinajstić information content (AvgIpc) is 3.09. The summed E-state index contributed by atoms with van der Waals surface area (Å²) in [4.78, 5) is 23.1. The summed E-state index contributed by atoms with van der Waals surface area (Å²) in [5, 5.41) is 3.21. The molecule has 5 nitrogen and oxygen atoms in total. The lowest BCUT2D eigenvalue weighted by Gasteiger charge is -2.16. The van der Waals surface area contributed by atoms with E-state index in [1.807, 2.05) is 7.05 Å². The molecule has 5 heteroatoms. The second-order valence-electron chi connectivity index (χ2n) is 4.40. The predicted octanol–water partition coefficient (Wildman–Crippen LogP) is -0.455. The first kappa shape index (κ1) is 11.1. The lowest BCUT2D eigenvalue weighted by molar-refractivity contribution is 0.425. The van der Waals surface area contributed by atoms with E-state index in [2.05, 4.69) is 5.32 Å². The van der Waals surface area contributed by atoms with Crippen molar-refractivity contribution in [3.63, 3.8) is 0 Å². The molecule has 1 heterocycles. The van der Waals surface area contributed by atoms with Gasteiger partial charge in [-0.2, -0.15) is 0 Å². The van der Waals surface area contributed by atoms with Gasteiger partial charge in [0.15, 0.2) is 0 Å². The molecule has 0 saturated heterocycles. The summed E-state index contributed by atoms with van der Waals surface area (Å²) in [5.41, 5.74) is -0.904. The fourth-order valence-corrected chi connectivity index (χ4v) is 1.92. The van der Waals surface area contributed by atoms with Crippen LogP contribution < -0.4 is 16.4 Å². The topological polar surface area (TPSA) is 56.0 Å². The molecule has 1 fully saturated rings. The first-order chi connectivity index (χ1) is 7.63. The molecule has 1 unspecified atom stereocenters. The molecule has 1 N–H and O–H groups in total. The molecule has 0 amide bonds. The first-order valence-electron chi connectivity index (χ1n) is 5.57. The second-order valence-corrected chi connectivity index (χ2v) is 4.40. The fraction of sp³-hybridized carbons (Fsp3) is 0.636. The number of nitrogens with one attached hydrogen (secondary N) is 1. The highest BCUT2D eigenvalue weighted by atomic mass is 16.2. The summed E-state index contributed by atoms with van der Waals surface area (Å²) in [7, 11) is 3.49. The van der Waals surface area contributed by atoms with Gasteiger partial charge in [0, 0.05) is 32.0 Å². The van der Waals surface area contributed by atoms with E-state index in [-0.39, 0.29) is 0 Å². The van der Waals surface area contributed by atoms with E-state index in [4.69, 9.17) is 0 Å². The van der Waals surface area contributed by atoms with Crippen molar-refractivity contribution in [2.24, 2.45) is 13.0 Å². The molecule has 1 aromatic rings. The Morgan fingerprint density at radius 2 is 2.06 bits per heavy atom. The third-order valence-corrected chi connectivity index (χ3v) is 3.19. The number of hydrogen-bond donors (Lipinski definition) is 1. The minimum Gasteiger partial charge on any atom is -0.315 e. The van der Waals surface area contributed by atoms with Crippen molar-refractivity contribution in [2.45, 2.75) is 25.4 Å². The van der Waals surface area contributed by atoms with Crippen LogP contribution in [0.2, 0.25) is 0 Å². The van der Waals surface area contributed by atoms with Crippen LogP contribution in [0, 0.1) is 5.92 Å². The van der Waals surface area contributed by atoms with Crippen LogP contribution in [0.25, 0.3) is 0 Å². The minimum atomic E-state index is -0.465. The zero-order valence-electron chi connectivity index (χ0n) is 9.64. The summed E-state index contributed by atoms with van der Waals surface area (Å²) < 4.78 is 2.81. The molecule has 0 aromatic carbocycles. The molecule has 2 rings (SSSR count). The third-order valence-electron chi connectivity index (χ3n) is 3.19. The van der Waals surface area contributed by atoms with Crippen molar-refractivity contribution >= 4 is 0 Å². The van der Waals surface area contributed by atoms with Crippen LogP contribution in [0.3, 0.4) is 0 Å². The number of rotatable bonds is 4. The molecular formula is C11H17N3O2. The lowest BCUT2D eigenvalue weighted by Crippen LogP contribution is -2.43. The molecule has 0 radical (unpaired) electrons. The Labute approximate surface area is 93.7 Å². The van der Waals surface area contributed by atoms with Crippen LogP contribution in [0.1, 0.15) is 12.8 Å². The Bertz CT molecular complexity index is 485. The average molecular weight is 223 g/mol. The molecule has 0 bridgehead atoms. The highest BCUT2D eigenvalue weighted by molar-refractivity contribution is 4.90. The maximum atomic E-state index is 11.7. The number of aryl methyl sites for hydroxylation is 1. The van der Waals surface area contributed by atoms with Gasteiger partial charge in [0.1, 0.15) is 0 Å². The number of aromatic nitrogens is 2. The number of nitrogens with zero attached hydrogens (tertiary/aromatic N) is 2. The molecule has 1 aliphatic rings. The minimum absolute atomic E-state index is 0.296. The van der Waals surface area contributed by atoms with Gasteiger partial charge in [-0.1, -0.05) is 0 Å². The second kappa shape index (κ2) is 4.25. The van der Waals surface area contributed by atoms with Crippen molar-refractivity contribution in [1.82, 2.24) is 14.5 Å². The van der Waals surface area contributed by atoms with E-state index in [0.29, 0.717) is 18.5 Å². The first-order valence-corrected chi connectivity index (χ1v) is 5.57. The van der Waals surface area contributed by atoms with Crippen LogP contribution >= 0.6 is 0 Å². The monoisotopic (exact) mass is 223 g/mol. The fourth-order valence-electron chi connectivity index (χ4n) is 1.92. The quantitative estimate of drug-likeness (QED) is 0.703. The molecule has 1 aliphatic carbocycles. The standard InChI is InChI=1S/C11H17N3O2/c1-12-9(8-3-4-8)7-14-6-5-13(2)10(15)11(14)16/h5-6,8-9,12H,3-4,7H2,1-2H3. The van der Waals surface area contributed by atoms with E-state index in [1.165, 1.54) is 22.0 Å². The maximum absolute atomic E-state index is 11.7. The summed E-state index contributed by atoms with van der Waals surface area (Å²) >= 11 is 0. The molecule has 0 spiro atoms. The van der Waals surface area contributed by atoms with Gasteiger partial charge in [-0.05, 0) is 25.8 Å². The van der Waals surface area contributed by atoms with Gasteiger partial charge >= 0.3 is 11.1 Å². The van der Waals surface area contributed by atoms with Gasteiger partial charge < -0.3 is 14.5 Å². The summed E-state index contributed by atoms with van der Waals surface area (Å²) in [6.45, 7) is 0.579. The summed E-state index contributed by atoms with van der Waals surface area (Å²) in [6, 6.07) is 0.296. The van der Waals surface area contributed by atoms with Crippen molar-refractivity contribution in [3.05, 3.63) is 33.1 Å². The van der Waals surface area contributed by atoms with Gasteiger partial charge in [0.2, 0.25) is 0 Å². The number of hydrogen-bond acceptors (Lipinski definition) is 3. The van der Waals surface area contributed by atoms with Crippen molar-refractivity contribution in [1.29, 1.82) is 0 Å². The van der Waals surface area contributed by atoms with Crippen molar-refractivity contribution in [2.75, 3.05) is 7.05 Å². The predicted molar refractivity (Wildman–Crippen MR) is 61.5 cm³/mol. The van der Waals surface area contributed by atoms with E-state index in [1.54, 1.807) is 19.4 Å². The van der Waals surface area contributed by atoms with Gasteiger partial charge in [0.05, 0.1) is 0 Å². The Kier molecular flexibility index (Phi) is 2.96. The van der Waals surface area contributed by atoms with Gasteiger partial charge in [0.25, 0.3) is 0 Å². The Balaban J connectivity index is 2.24. The third kappa shape index (κ3) is 2.09. The zero-order valence-corrected chi connectivity index (χ0v) is 9.64. The van der Waals surface area contributed by atoms with E-state index < -0.39 is 11.1 Å². The van der Waals surface area contributed by atoms with Crippen LogP contribution in [0.15, 0.2) is 22.0 Å². The highest BCUT2D eigenvalue weighted by Crippen LogP contribution is 2.32.